The van der Waals surface area contributed by atoms with E-state index in [4.69, 9.17) is 0 Å². The molecular formula is C15H21F2NO. The van der Waals surface area contributed by atoms with E-state index < -0.39 is 11.5 Å². The molecule has 0 aromatic heterocycles. The van der Waals surface area contributed by atoms with E-state index in [2.05, 4.69) is 0 Å². The van der Waals surface area contributed by atoms with E-state index in [0.29, 0.717) is 12.1 Å². The van der Waals surface area contributed by atoms with Crippen LogP contribution in [-0.4, -0.2) is 24.4 Å². The van der Waals surface area contributed by atoms with Gasteiger partial charge < -0.3 is 4.90 Å². The lowest BCUT2D eigenvalue weighted by molar-refractivity contribution is -0.129. The lowest BCUT2D eigenvalue weighted by Crippen LogP contribution is -2.29. The van der Waals surface area contributed by atoms with Gasteiger partial charge in [0.25, 0.3) is 0 Å². The zero-order valence-corrected chi connectivity index (χ0v) is 12.0. The summed E-state index contributed by atoms with van der Waals surface area (Å²) in [5.74, 6) is -0.623. The third-order valence-corrected chi connectivity index (χ3v) is 3.01. The van der Waals surface area contributed by atoms with Crippen molar-refractivity contribution in [3.63, 3.8) is 0 Å². The molecule has 2 nitrogen and oxygen atoms in total. The first-order chi connectivity index (χ1) is 8.75. The van der Waals surface area contributed by atoms with Gasteiger partial charge >= 0.3 is 0 Å². The van der Waals surface area contributed by atoms with Gasteiger partial charge in [-0.15, -0.1) is 0 Å². The summed E-state index contributed by atoms with van der Waals surface area (Å²) >= 11 is 0. The van der Waals surface area contributed by atoms with Crippen LogP contribution in [0.25, 0.3) is 0 Å². The van der Waals surface area contributed by atoms with Crippen molar-refractivity contribution in [3.05, 3.63) is 35.1 Å². The number of alkyl halides is 1. The van der Waals surface area contributed by atoms with Crippen LogP contribution in [-0.2, 0) is 16.9 Å². The van der Waals surface area contributed by atoms with Gasteiger partial charge in [0.15, 0.2) is 0 Å². The van der Waals surface area contributed by atoms with Crippen molar-refractivity contribution in [2.75, 3.05) is 13.6 Å². The number of hydrogen-bond donors (Lipinski definition) is 0. The Bertz CT molecular complexity index is 452. The zero-order chi connectivity index (χ0) is 14.6. The maximum Gasteiger partial charge on any atom is 0.226 e. The minimum atomic E-state index is -1.75. The van der Waals surface area contributed by atoms with E-state index in [0.717, 1.165) is 6.42 Å². The largest absolute Gasteiger partial charge is 0.345 e. The van der Waals surface area contributed by atoms with Crippen LogP contribution >= 0.6 is 0 Å². The van der Waals surface area contributed by atoms with E-state index in [-0.39, 0.29) is 17.9 Å². The Morgan fingerprint density at radius 2 is 2.00 bits per heavy atom. The van der Waals surface area contributed by atoms with E-state index in [1.54, 1.807) is 11.9 Å². The fourth-order valence-electron chi connectivity index (χ4n) is 1.91. The molecule has 0 atom stereocenters. The number of nitrogens with zero attached hydrogens (tertiary/aromatic N) is 1. The average Bonchev–Trinajstić information content (AvgIpc) is 2.30. The summed E-state index contributed by atoms with van der Waals surface area (Å²) in [5.41, 5.74) is -1.12. The van der Waals surface area contributed by atoms with Gasteiger partial charge in [-0.2, -0.15) is 0 Å². The van der Waals surface area contributed by atoms with Crippen LogP contribution in [0.5, 0.6) is 0 Å². The number of likely N-dealkylation sites (N-methyl/N-ethyl adjacent to an activating group) is 1. The molecule has 0 fully saturated rings. The van der Waals surface area contributed by atoms with Crippen LogP contribution in [0.15, 0.2) is 18.2 Å². The summed E-state index contributed by atoms with van der Waals surface area (Å²) in [4.78, 5) is 13.5. The molecule has 0 radical (unpaired) electrons. The topological polar surface area (TPSA) is 20.3 Å². The highest BCUT2D eigenvalue weighted by Gasteiger charge is 2.23. The van der Waals surface area contributed by atoms with Gasteiger partial charge in [0.05, 0.1) is 6.42 Å². The first-order valence-corrected chi connectivity index (χ1v) is 6.47. The lowest BCUT2D eigenvalue weighted by atomic mass is 9.96. The minimum Gasteiger partial charge on any atom is -0.345 e. The summed E-state index contributed by atoms with van der Waals surface area (Å²) in [7, 11) is 1.73. The molecule has 0 heterocycles. The molecule has 0 bridgehead atoms. The third-order valence-electron chi connectivity index (χ3n) is 3.01. The van der Waals surface area contributed by atoms with Crippen LogP contribution in [0.3, 0.4) is 0 Å². The fourth-order valence-corrected chi connectivity index (χ4v) is 1.91. The molecule has 0 saturated carbocycles. The number of hydrogen-bond acceptors (Lipinski definition) is 1. The predicted molar refractivity (Wildman–Crippen MR) is 72.2 cm³/mol. The monoisotopic (exact) mass is 269 g/mol. The number of carbonyl (C=O) groups excluding carboxylic acids is 1. The fraction of sp³-hybridized carbons (Fsp3) is 0.533. The highest BCUT2D eigenvalue weighted by Crippen LogP contribution is 2.28. The van der Waals surface area contributed by atoms with Crippen LogP contribution in [0.4, 0.5) is 8.78 Å². The zero-order valence-electron chi connectivity index (χ0n) is 12.0. The predicted octanol–water partition coefficient (Wildman–Crippen LogP) is 3.44. The molecule has 0 N–H and O–H groups in total. The SMILES string of the molecule is CCCN(C)C(=O)Cc1ccc(F)c(C(C)(C)F)c1. The van der Waals surface area contributed by atoms with Gasteiger partial charge in [0, 0.05) is 19.2 Å². The summed E-state index contributed by atoms with van der Waals surface area (Å²) < 4.78 is 27.4. The molecule has 4 heteroatoms. The summed E-state index contributed by atoms with van der Waals surface area (Å²) in [6, 6.07) is 4.19. The number of rotatable bonds is 5. The van der Waals surface area contributed by atoms with Crippen molar-refractivity contribution in [1.82, 2.24) is 4.90 Å². The van der Waals surface area contributed by atoms with Crippen LogP contribution in [0, 0.1) is 5.82 Å². The van der Waals surface area contributed by atoms with Gasteiger partial charge in [-0.3, -0.25) is 4.79 Å². The highest BCUT2D eigenvalue weighted by atomic mass is 19.1. The van der Waals surface area contributed by atoms with Crippen LogP contribution in [0.1, 0.15) is 38.3 Å². The maximum atomic E-state index is 13.8. The standard InChI is InChI=1S/C15H21F2NO/c1-5-8-18(4)14(19)10-11-6-7-13(16)12(9-11)15(2,3)17/h6-7,9H,5,8,10H2,1-4H3. The lowest BCUT2D eigenvalue weighted by Gasteiger charge is -2.18. The van der Waals surface area contributed by atoms with E-state index in [1.807, 2.05) is 6.92 Å². The Labute approximate surface area is 113 Å². The van der Waals surface area contributed by atoms with Gasteiger partial charge in [0.1, 0.15) is 11.5 Å². The molecule has 0 aliphatic rings. The number of benzene rings is 1. The number of halogens is 2. The van der Waals surface area contributed by atoms with E-state index in [1.165, 1.54) is 32.0 Å². The minimum absolute atomic E-state index is 0.00376. The molecule has 1 aromatic carbocycles. The Balaban J connectivity index is 2.89. The number of carbonyl (C=O) groups is 1. The second-order valence-electron chi connectivity index (χ2n) is 5.28. The molecule has 0 saturated heterocycles. The Morgan fingerprint density at radius 3 is 2.53 bits per heavy atom. The van der Waals surface area contributed by atoms with Crippen molar-refractivity contribution < 1.29 is 13.6 Å². The quantitative estimate of drug-likeness (QED) is 0.802. The number of amides is 1. The van der Waals surface area contributed by atoms with E-state index in [9.17, 15) is 13.6 Å². The molecule has 19 heavy (non-hydrogen) atoms. The molecular weight excluding hydrogens is 248 g/mol. The normalized spacial score (nSPS) is 11.5. The van der Waals surface area contributed by atoms with E-state index >= 15 is 0 Å². The molecule has 1 aromatic rings. The molecule has 106 valence electrons. The van der Waals surface area contributed by atoms with Crippen molar-refractivity contribution >= 4 is 5.91 Å². The average molecular weight is 269 g/mol. The maximum absolute atomic E-state index is 13.8. The summed E-state index contributed by atoms with van der Waals surface area (Å²) in [6.07, 6.45) is 1.05. The summed E-state index contributed by atoms with van der Waals surface area (Å²) in [5, 5.41) is 0. The smallest absolute Gasteiger partial charge is 0.226 e. The third kappa shape index (κ3) is 4.30. The first kappa shape index (κ1) is 15.6. The van der Waals surface area contributed by atoms with Crippen LogP contribution < -0.4 is 0 Å². The van der Waals surface area contributed by atoms with Gasteiger partial charge in [-0.05, 0) is 38.0 Å². The second-order valence-corrected chi connectivity index (χ2v) is 5.28. The van der Waals surface area contributed by atoms with Gasteiger partial charge in [0.2, 0.25) is 5.91 Å². The molecule has 0 aliphatic carbocycles. The van der Waals surface area contributed by atoms with Crippen molar-refractivity contribution in [2.24, 2.45) is 0 Å². The molecule has 1 rings (SSSR count). The first-order valence-electron chi connectivity index (χ1n) is 6.47. The molecule has 0 aliphatic heterocycles. The molecule has 0 unspecified atom stereocenters. The van der Waals surface area contributed by atoms with Crippen molar-refractivity contribution in [1.29, 1.82) is 0 Å². The molecule has 0 spiro atoms. The Morgan fingerprint density at radius 1 is 1.37 bits per heavy atom. The molecule has 1 amide bonds. The van der Waals surface area contributed by atoms with Gasteiger partial charge in [-0.1, -0.05) is 13.0 Å². The Kier molecular flexibility index (Phi) is 5.04. The Hall–Kier alpha value is -1.45. The second kappa shape index (κ2) is 6.13. The van der Waals surface area contributed by atoms with Crippen LogP contribution in [0.2, 0.25) is 0 Å². The van der Waals surface area contributed by atoms with Gasteiger partial charge in [-0.25, -0.2) is 8.78 Å². The summed E-state index contributed by atoms with van der Waals surface area (Å²) in [6.45, 7) is 5.29. The van der Waals surface area contributed by atoms with Crippen molar-refractivity contribution in [3.8, 4) is 0 Å². The highest BCUT2D eigenvalue weighted by molar-refractivity contribution is 5.78. The van der Waals surface area contributed by atoms with Crippen molar-refractivity contribution in [2.45, 2.75) is 39.3 Å².